The van der Waals surface area contributed by atoms with Crippen LogP contribution in [0.5, 0.6) is 0 Å². The molecule has 0 rings (SSSR count). The molecule has 0 bridgehead atoms. The number of hydrogen-bond donors (Lipinski definition) is 0. The Bertz CT molecular complexity index is 302. The molecule has 96 valence electrons. The summed E-state index contributed by atoms with van der Waals surface area (Å²) in [5, 5.41) is 0. The van der Waals surface area contributed by atoms with E-state index in [0.717, 1.165) is 0 Å². The average molecular weight is 357 g/mol. The van der Waals surface area contributed by atoms with Crippen LogP contribution in [0.15, 0.2) is 0 Å². The van der Waals surface area contributed by atoms with Gasteiger partial charge in [0.1, 0.15) is 0 Å². The van der Waals surface area contributed by atoms with Crippen LogP contribution in [-0.2, 0) is 0 Å². The van der Waals surface area contributed by atoms with Crippen molar-refractivity contribution in [3.8, 4) is 0 Å². The van der Waals surface area contributed by atoms with Gasteiger partial charge in [0.15, 0.2) is 0 Å². The summed E-state index contributed by atoms with van der Waals surface area (Å²) >= 11 is 3.49. The number of nitrogens with zero attached hydrogens (tertiary/aromatic N) is 1. The zero-order valence-corrected chi connectivity index (χ0v) is 18.0. The van der Waals surface area contributed by atoms with Crippen LogP contribution in [0.3, 0.4) is 0 Å². The Morgan fingerprint density at radius 1 is 0.812 bits per heavy atom. The predicted molar refractivity (Wildman–Crippen MR) is 90.6 cm³/mol. The molecule has 0 aliphatic heterocycles. The summed E-state index contributed by atoms with van der Waals surface area (Å²) in [4.78, 5) is 0. The van der Waals surface area contributed by atoms with Crippen LogP contribution in [-0.4, -0.2) is 49.1 Å². The van der Waals surface area contributed by atoms with Gasteiger partial charge in [-0.3, -0.25) is 0 Å². The monoisotopic (exact) mass is 357 g/mol. The fourth-order valence-corrected chi connectivity index (χ4v) is 34.1. The molecule has 0 radical (unpaired) electrons. The zero-order valence-electron chi connectivity index (χ0n) is 12.4. The molecule has 1 atom stereocenters. The summed E-state index contributed by atoms with van der Waals surface area (Å²) in [6.45, 7) is 22.2. The summed E-state index contributed by atoms with van der Waals surface area (Å²) in [6.07, 6.45) is 0. The van der Waals surface area contributed by atoms with Crippen LogP contribution in [0.2, 0.25) is 58.9 Å². The van der Waals surface area contributed by atoms with E-state index in [4.69, 9.17) is 0 Å². The van der Waals surface area contributed by atoms with E-state index >= 15 is 0 Å². The Hall–Kier alpha value is 1.30. The summed E-state index contributed by atoms with van der Waals surface area (Å²) in [6, 6.07) is 0. The molecular formula is C10H28NPSeSi3. The molecule has 0 N–H and O–H groups in total. The molecule has 0 aliphatic rings. The van der Waals surface area contributed by atoms with Crippen LogP contribution in [0, 0.1) is 0 Å². The van der Waals surface area contributed by atoms with Gasteiger partial charge in [-0.2, -0.15) is 0 Å². The maximum atomic E-state index is 3.49. The first kappa shape index (κ1) is 17.3. The van der Waals surface area contributed by atoms with Crippen molar-refractivity contribution < 1.29 is 0 Å². The van der Waals surface area contributed by atoms with Gasteiger partial charge in [0.05, 0.1) is 0 Å². The van der Waals surface area contributed by atoms with Crippen molar-refractivity contribution in [3.63, 3.8) is 0 Å². The van der Waals surface area contributed by atoms with E-state index in [9.17, 15) is 0 Å². The maximum absolute atomic E-state index is 3.49. The van der Waals surface area contributed by atoms with Crippen molar-refractivity contribution in [1.82, 2.24) is 4.00 Å². The van der Waals surface area contributed by atoms with Crippen molar-refractivity contribution in [2.45, 2.75) is 58.9 Å². The van der Waals surface area contributed by atoms with Crippen molar-refractivity contribution in [1.29, 1.82) is 0 Å². The second-order valence-corrected chi connectivity index (χ2v) is 27.4. The molecule has 0 aromatic carbocycles. The molecule has 0 aromatic heterocycles. The quantitative estimate of drug-likeness (QED) is 0.541. The van der Waals surface area contributed by atoms with Crippen LogP contribution in [0.25, 0.3) is 0 Å². The van der Waals surface area contributed by atoms with Crippen molar-refractivity contribution >= 4 is 51.0 Å². The average Bonchev–Trinajstić information content (AvgIpc) is 1.70. The van der Waals surface area contributed by atoms with Crippen LogP contribution in [0.1, 0.15) is 0 Å². The Morgan fingerprint density at radius 3 is 1.31 bits per heavy atom. The van der Waals surface area contributed by atoms with Crippen LogP contribution >= 0.6 is 5.94 Å². The Kier molecular flexibility index (Phi) is 5.96. The van der Waals surface area contributed by atoms with Gasteiger partial charge >= 0.3 is 114 Å². The van der Waals surface area contributed by atoms with Crippen LogP contribution in [0.4, 0.5) is 0 Å². The fraction of sp³-hybridized carbons (Fsp3) is 0.900. The Labute approximate surface area is 114 Å². The molecule has 0 heterocycles. The third-order valence-corrected chi connectivity index (χ3v) is 22.8. The first-order valence-electron chi connectivity index (χ1n) is 5.88. The summed E-state index contributed by atoms with van der Waals surface area (Å²) in [7, 11) is -3.47. The van der Waals surface area contributed by atoms with Gasteiger partial charge in [0.25, 0.3) is 0 Å². The summed E-state index contributed by atoms with van der Waals surface area (Å²) in [5.41, 5.74) is 2.67. The minimum absolute atomic E-state index is 0.140. The van der Waals surface area contributed by atoms with Gasteiger partial charge in [0, 0.05) is 0 Å². The normalized spacial score (nSPS) is 15.8. The molecule has 16 heavy (non-hydrogen) atoms. The molecule has 0 aliphatic carbocycles. The van der Waals surface area contributed by atoms with Gasteiger partial charge < -0.3 is 0 Å². The number of hydrogen-bond acceptors (Lipinski definition) is 1. The molecule has 0 fully saturated rings. The van der Waals surface area contributed by atoms with Gasteiger partial charge in [-0.15, -0.1) is 0 Å². The molecule has 1 unspecified atom stereocenters. The van der Waals surface area contributed by atoms with E-state index in [1.165, 1.54) is 0 Å². The van der Waals surface area contributed by atoms with Crippen molar-refractivity contribution in [2.24, 2.45) is 0 Å². The van der Waals surface area contributed by atoms with Gasteiger partial charge in [-0.25, -0.2) is 0 Å². The van der Waals surface area contributed by atoms with E-state index < -0.39 is 24.5 Å². The standard InChI is InChI=1S/C10H28NPSeSi3/c1-14(2,3)10-12(13)11(15(4,5)6)16(7,8)9/h10H,1-9H3. The third-order valence-electron chi connectivity index (χ3n) is 1.97. The molecular weight excluding hydrogens is 328 g/mol. The van der Waals surface area contributed by atoms with E-state index in [-0.39, 0.29) is 5.94 Å². The van der Waals surface area contributed by atoms with Crippen molar-refractivity contribution in [3.05, 3.63) is 0 Å². The second kappa shape index (κ2) is 5.52. The summed E-state index contributed by atoms with van der Waals surface area (Å²) < 4.78 is 2.91. The zero-order chi connectivity index (χ0) is 13.4. The molecule has 0 saturated heterocycles. The fourth-order valence-electron chi connectivity index (χ4n) is 1.99. The minimum atomic E-state index is -1.20. The molecule has 0 aromatic rings. The Morgan fingerprint density at radius 2 is 1.12 bits per heavy atom. The van der Waals surface area contributed by atoms with Crippen molar-refractivity contribution in [2.75, 3.05) is 0 Å². The molecule has 0 amide bonds. The number of rotatable bonds is 4. The van der Waals surface area contributed by atoms with E-state index in [1.54, 1.807) is 0 Å². The van der Waals surface area contributed by atoms with Gasteiger partial charge in [-0.1, -0.05) is 0 Å². The first-order chi connectivity index (χ1) is 6.75. The molecule has 1 nitrogen and oxygen atoms in total. The molecule has 0 saturated carbocycles. The SMILES string of the molecule is C[Si](C)(C)/C=P(=[Se])/N([Si](C)(C)C)[Si](C)(C)C. The van der Waals surface area contributed by atoms with E-state index in [2.05, 4.69) is 83.4 Å². The van der Waals surface area contributed by atoms with Gasteiger partial charge in [0.2, 0.25) is 0 Å². The van der Waals surface area contributed by atoms with Crippen LogP contribution < -0.4 is 0 Å². The van der Waals surface area contributed by atoms with Gasteiger partial charge in [-0.05, 0) is 0 Å². The molecule has 6 heteroatoms. The topological polar surface area (TPSA) is 3.24 Å². The third kappa shape index (κ3) is 6.29. The van der Waals surface area contributed by atoms with E-state index in [1.807, 2.05) is 0 Å². The first-order valence-corrected chi connectivity index (χ1v) is 19.9. The molecule has 0 spiro atoms. The van der Waals surface area contributed by atoms with E-state index in [0.29, 0.717) is 0 Å². The second-order valence-electron chi connectivity index (χ2n) is 7.45. The predicted octanol–water partition coefficient (Wildman–Crippen LogP) is 4.12. The Balaban J connectivity index is 5.43. The summed E-state index contributed by atoms with van der Waals surface area (Å²) in [5.74, 6) is -0.140.